The van der Waals surface area contributed by atoms with Gasteiger partial charge in [-0.05, 0) is 37.4 Å². The van der Waals surface area contributed by atoms with Crippen molar-refractivity contribution in [2.45, 2.75) is 31.5 Å². The van der Waals surface area contributed by atoms with E-state index in [4.69, 9.17) is 21.4 Å². The standard InChI is InChI=1S/C16H21N5.C2HF3O2/c17-15-14(10-19-16(18)20-15)13-6-8-21(9-7-13)11-12-4-2-1-3-5-12;3-2(4,5)1(6)7/h1-5,10,13H,6-9,11H2,(H4,17,18,19,20);(H,6,7). The van der Waals surface area contributed by atoms with Gasteiger partial charge in [-0.2, -0.15) is 18.2 Å². The maximum atomic E-state index is 10.6. The zero-order valence-electron chi connectivity index (χ0n) is 15.1. The van der Waals surface area contributed by atoms with Crippen LogP contribution in [0, 0.1) is 0 Å². The largest absolute Gasteiger partial charge is 0.490 e. The Kier molecular flexibility index (Phi) is 7.16. The number of alkyl halides is 3. The number of rotatable bonds is 3. The van der Waals surface area contributed by atoms with E-state index in [0.29, 0.717) is 11.7 Å². The van der Waals surface area contributed by atoms with E-state index in [1.54, 1.807) is 6.20 Å². The minimum atomic E-state index is -5.08. The van der Waals surface area contributed by atoms with Crippen LogP contribution in [-0.2, 0) is 11.3 Å². The summed E-state index contributed by atoms with van der Waals surface area (Å²) in [5, 5.41) is 7.12. The van der Waals surface area contributed by atoms with Crippen LogP contribution < -0.4 is 11.5 Å². The second kappa shape index (κ2) is 9.36. The van der Waals surface area contributed by atoms with Crippen LogP contribution in [0.25, 0.3) is 0 Å². The number of aromatic nitrogens is 2. The summed E-state index contributed by atoms with van der Waals surface area (Å²) in [4.78, 5) is 19.5. The first-order valence-corrected chi connectivity index (χ1v) is 8.61. The maximum absolute atomic E-state index is 10.6. The van der Waals surface area contributed by atoms with E-state index in [9.17, 15) is 13.2 Å². The molecule has 1 saturated heterocycles. The normalized spacial score (nSPS) is 15.5. The lowest BCUT2D eigenvalue weighted by atomic mass is 9.90. The Balaban J connectivity index is 0.000000345. The molecule has 1 aliphatic rings. The molecule has 10 heteroatoms. The van der Waals surface area contributed by atoms with Crippen molar-refractivity contribution in [3.63, 3.8) is 0 Å². The summed E-state index contributed by atoms with van der Waals surface area (Å²) in [6, 6.07) is 10.6. The summed E-state index contributed by atoms with van der Waals surface area (Å²) >= 11 is 0. The lowest BCUT2D eigenvalue weighted by Crippen LogP contribution is -2.32. The number of carboxylic acids is 1. The molecule has 7 nitrogen and oxygen atoms in total. The number of nitrogens with two attached hydrogens (primary N) is 2. The Morgan fingerprint density at radius 2 is 1.75 bits per heavy atom. The minimum Gasteiger partial charge on any atom is -0.475 e. The average molecular weight is 397 g/mol. The number of likely N-dealkylation sites (tertiary alicyclic amines) is 1. The molecule has 28 heavy (non-hydrogen) atoms. The predicted molar refractivity (Wildman–Crippen MR) is 98.2 cm³/mol. The summed E-state index contributed by atoms with van der Waals surface area (Å²) in [5.41, 5.74) is 13.9. The fourth-order valence-electron chi connectivity index (χ4n) is 2.98. The van der Waals surface area contributed by atoms with Gasteiger partial charge in [0.15, 0.2) is 0 Å². The number of piperidine rings is 1. The molecule has 152 valence electrons. The van der Waals surface area contributed by atoms with E-state index >= 15 is 0 Å². The number of benzene rings is 1. The van der Waals surface area contributed by atoms with Crippen molar-refractivity contribution >= 4 is 17.7 Å². The molecule has 0 spiro atoms. The molecule has 0 radical (unpaired) electrons. The second-order valence-electron chi connectivity index (χ2n) is 6.41. The van der Waals surface area contributed by atoms with Gasteiger partial charge in [-0.25, -0.2) is 9.78 Å². The number of anilines is 2. The third kappa shape index (κ3) is 6.38. The molecule has 2 heterocycles. The lowest BCUT2D eigenvalue weighted by molar-refractivity contribution is -0.192. The average Bonchev–Trinajstić information content (AvgIpc) is 2.63. The molecular formula is C18H22F3N5O2. The minimum absolute atomic E-state index is 0.248. The molecule has 0 unspecified atom stereocenters. The highest BCUT2D eigenvalue weighted by molar-refractivity contribution is 5.73. The molecule has 0 saturated carbocycles. The van der Waals surface area contributed by atoms with Crippen LogP contribution in [0.15, 0.2) is 36.5 Å². The Hall–Kier alpha value is -2.88. The first kappa shape index (κ1) is 21.4. The highest BCUT2D eigenvalue weighted by Gasteiger charge is 2.38. The summed E-state index contributed by atoms with van der Waals surface area (Å²) in [5.74, 6) is -1.54. The summed E-state index contributed by atoms with van der Waals surface area (Å²) in [7, 11) is 0. The van der Waals surface area contributed by atoms with Gasteiger partial charge < -0.3 is 16.6 Å². The zero-order chi connectivity index (χ0) is 20.7. The van der Waals surface area contributed by atoms with Gasteiger partial charge in [-0.3, -0.25) is 4.90 Å². The molecule has 5 N–H and O–H groups in total. The van der Waals surface area contributed by atoms with Gasteiger partial charge in [0.2, 0.25) is 5.95 Å². The van der Waals surface area contributed by atoms with Crippen LogP contribution in [0.5, 0.6) is 0 Å². The third-order valence-electron chi connectivity index (χ3n) is 4.39. The van der Waals surface area contributed by atoms with E-state index in [-0.39, 0.29) is 5.95 Å². The number of nitrogens with zero attached hydrogens (tertiary/aromatic N) is 3. The molecule has 0 amide bonds. The molecule has 0 bridgehead atoms. The molecular weight excluding hydrogens is 375 g/mol. The molecule has 1 aliphatic heterocycles. The van der Waals surface area contributed by atoms with Gasteiger partial charge in [0.1, 0.15) is 5.82 Å². The first-order chi connectivity index (χ1) is 13.2. The van der Waals surface area contributed by atoms with Crippen LogP contribution in [0.1, 0.15) is 29.9 Å². The molecule has 0 aliphatic carbocycles. The topological polar surface area (TPSA) is 118 Å². The van der Waals surface area contributed by atoms with Gasteiger partial charge in [0.05, 0.1) is 0 Å². The predicted octanol–water partition coefficient (Wildman–Crippen LogP) is 2.65. The van der Waals surface area contributed by atoms with Crippen molar-refractivity contribution in [3.8, 4) is 0 Å². The molecule has 1 aromatic carbocycles. The quantitative estimate of drug-likeness (QED) is 0.729. The third-order valence-corrected chi connectivity index (χ3v) is 4.39. The van der Waals surface area contributed by atoms with Crippen molar-refractivity contribution < 1.29 is 23.1 Å². The monoisotopic (exact) mass is 397 g/mol. The van der Waals surface area contributed by atoms with Crippen LogP contribution in [0.3, 0.4) is 0 Å². The van der Waals surface area contributed by atoms with Crippen molar-refractivity contribution in [2.75, 3.05) is 24.6 Å². The molecule has 2 aromatic rings. The van der Waals surface area contributed by atoms with Crippen molar-refractivity contribution in [1.82, 2.24) is 14.9 Å². The number of carboxylic acid groups (broad SMARTS) is 1. The fraction of sp³-hybridized carbons (Fsp3) is 0.389. The Morgan fingerprint density at radius 1 is 1.18 bits per heavy atom. The fourth-order valence-corrected chi connectivity index (χ4v) is 2.98. The van der Waals surface area contributed by atoms with Gasteiger partial charge in [0, 0.05) is 18.3 Å². The number of hydrogen-bond donors (Lipinski definition) is 3. The van der Waals surface area contributed by atoms with Gasteiger partial charge in [-0.1, -0.05) is 30.3 Å². The lowest BCUT2D eigenvalue weighted by Gasteiger charge is -2.32. The highest BCUT2D eigenvalue weighted by atomic mass is 19.4. The number of halogens is 3. The van der Waals surface area contributed by atoms with E-state index in [0.717, 1.165) is 38.0 Å². The number of hydrogen-bond acceptors (Lipinski definition) is 6. The van der Waals surface area contributed by atoms with Gasteiger partial charge in [-0.15, -0.1) is 0 Å². The molecule has 1 fully saturated rings. The highest BCUT2D eigenvalue weighted by Crippen LogP contribution is 2.31. The Morgan fingerprint density at radius 3 is 2.25 bits per heavy atom. The van der Waals surface area contributed by atoms with Crippen LogP contribution in [0.2, 0.25) is 0 Å². The van der Waals surface area contributed by atoms with Crippen molar-refractivity contribution in [1.29, 1.82) is 0 Å². The zero-order valence-corrected chi connectivity index (χ0v) is 15.1. The molecule has 1 aromatic heterocycles. The van der Waals surface area contributed by atoms with Crippen LogP contribution in [-0.4, -0.2) is 45.2 Å². The van der Waals surface area contributed by atoms with E-state index in [2.05, 4.69) is 45.2 Å². The van der Waals surface area contributed by atoms with Crippen LogP contribution in [0.4, 0.5) is 24.9 Å². The van der Waals surface area contributed by atoms with Crippen LogP contribution >= 0.6 is 0 Å². The van der Waals surface area contributed by atoms with Crippen molar-refractivity contribution in [2.24, 2.45) is 0 Å². The number of carbonyl (C=O) groups is 1. The van der Waals surface area contributed by atoms with E-state index < -0.39 is 12.1 Å². The Labute approximate surface area is 160 Å². The summed E-state index contributed by atoms with van der Waals surface area (Å²) in [6.07, 6.45) is -1.12. The van der Waals surface area contributed by atoms with E-state index in [1.165, 1.54) is 5.56 Å². The number of aliphatic carboxylic acids is 1. The van der Waals surface area contributed by atoms with Gasteiger partial charge in [0.25, 0.3) is 0 Å². The maximum Gasteiger partial charge on any atom is 0.490 e. The first-order valence-electron chi connectivity index (χ1n) is 8.61. The van der Waals surface area contributed by atoms with Crippen molar-refractivity contribution in [3.05, 3.63) is 47.7 Å². The second-order valence-corrected chi connectivity index (χ2v) is 6.41. The number of nitrogen functional groups attached to an aromatic ring is 2. The Bertz CT molecular complexity index is 779. The van der Waals surface area contributed by atoms with E-state index in [1.807, 2.05) is 0 Å². The molecule has 0 atom stereocenters. The summed E-state index contributed by atoms with van der Waals surface area (Å²) in [6.45, 7) is 3.16. The smallest absolute Gasteiger partial charge is 0.475 e. The summed E-state index contributed by atoms with van der Waals surface area (Å²) < 4.78 is 31.7. The molecule has 3 rings (SSSR count). The van der Waals surface area contributed by atoms with Gasteiger partial charge >= 0.3 is 12.1 Å². The SMILES string of the molecule is Nc1ncc(C2CCN(Cc3ccccc3)CC2)c(N)n1.O=C(O)C(F)(F)F.